The molecule has 1 aliphatic rings. The zero-order valence-electron chi connectivity index (χ0n) is 29.5. The second-order valence-electron chi connectivity index (χ2n) is 16.3. The molecule has 0 saturated heterocycles. The highest BCUT2D eigenvalue weighted by molar-refractivity contribution is 6.20. The van der Waals surface area contributed by atoms with Crippen LogP contribution in [0.3, 0.4) is 0 Å². The van der Waals surface area contributed by atoms with Crippen molar-refractivity contribution in [3.63, 3.8) is 0 Å². The van der Waals surface area contributed by atoms with Gasteiger partial charge >= 0.3 is 0 Å². The molecular formula is C42H46N4O. The minimum atomic E-state index is -0.224. The zero-order valence-corrected chi connectivity index (χ0v) is 29.5. The van der Waals surface area contributed by atoms with E-state index >= 15 is 0 Å². The summed E-state index contributed by atoms with van der Waals surface area (Å²) in [6, 6.07) is 20.0. The van der Waals surface area contributed by atoms with E-state index in [0.717, 1.165) is 74.4 Å². The quantitative estimate of drug-likeness (QED) is 0.179. The summed E-state index contributed by atoms with van der Waals surface area (Å²) in [6.45, 7) is 22.1. The molecule has 5 heteroatoms. The maximum Gasteiger partial charge on any atom is 0.164 e. The molecule has 0 aliphatic carbocycles. The van der Waals surface area contributed by atoms with Crippen molar-refractivity contribution in [3.05, 3.63) is 83.6 Å². The van der Waals surface area contributed by atoms with Crippen LogP contribution in [0.25, 0.3) is 55.0 Å². The van der Waals surface area contributed by atoms with Crippen molar-refractivity contribution in [1.29, 1.82) is 0 Å². The highest BCUT2D eigenvalue weighted by atomic mass is 16.5. The van der Waals surface area contributed by atoms with Crippen LogP contribution >= 0.6 is 0 Å². The molecule has 5 nitrogen and oxygen atoms in total. The topological polar surface area (TPSA) is 60.8 Å². The van der Waals surface area contributed by atoms with Crippen molar-refractivity contribution in [1.82, 2.24) is 19.9 Å². The van der Waals surface area contributed by atoms with E-state index in [1.165, 1.54) is 21.9 Å². The number of rotatable bonds is 5. The fourth-order valence-corrected chi connectivity index (χ4v) is 6.89. The van der Waals surface area contributed by atoms with E-state index in [2.05, 4.69) is 124 Å². The average molecular weight is 623 g/mol. The van der Waals surface area contributed by atoms with Gasteiger partial charge in [-0.15, -0.1) is 0 Å². The zero-order chi connectivity index (χ0) is 33.4. The Labute approximate surface area is 278 Å². The lowest BCUT2D eigenvalue weighted by Gasteiger charge is -2.26. The Morgan fingerprint density at radius 3 is 2.02 bits per heavy atom. The maximum absolute atomic E-state index is 6.98. The summed E-state index contributed by atoms with van der Waals surface area (Å²) in [6.07, 6.45) is 3.93. The first-order valence-electron chi connectivity index (χ1n) is 17.1. The summed E-state index contributed by atoms with van der Waals surface area (Å²) in [5, 5.41) is 6.84. The fourth-order valence-electron chi connectivity index (χ4n) is 6.89. The highest BCUT2D eigenvalue weighted by Gasteiger charge is 2.29. The van der Waals surface area contributed by atoms with Gasteiger partial charge in [0.25, 0.3) is 0 Å². The van der Waals surface area contributed by atoms with Gasteiger partial charge in [-0.25, -0.2) is 15.0 Å². The summed E-state index contributed by atoms with van der Waals surface area (Å²) >= 11 is 0. The Kier molecular flexibility index (Phi) is 7.38. The maximum atomic E-state index is 6.98. The number of pyridine rings is 1. The van der Waals surface area contributed by atoms with Crippen LogP contribution in [-0.4, -0.2) is 19.9 Å². The predicted octanol–water partition coefficient (Wildman–Crippen LogP) is 11.2. The number of hydrogen-bond acceptors (Lipinski definition) is 5. The molecule has 3 heterocycles. The second-order valence-corrected chi connectivity index (χ2v) is 16.3. The molecule has 0 radical (unpaired) electrons. The first-order chi connectivity index (χ1) is 22.2. The molecule has 240 valence electrons. The molecule has 0 bridgehead atoms. The Balaban J connectivity index is 1.52. The third kappa shape index (κ3) is 5.54. The number of benzene rings is 4. The number of fused-ring (bicyclic) bond motifs is 5. The van der Waals surface area contributed by atoms with Gasteiger partial charge in [0, 0.05) is 39.1 Å². The highest BCUT2D eigenvalue weighted by Crippen LogP contribution is 2.52. The van der Waals surface area contributed by atoms with Crippen LogP contribution in [-0.2, 0) is 23.7 Å². The number of nitrogens with zero attached hydrogens (tertiary/aromatic N) is 4. The Morgan fingerprint density at radius 1 is 0.660 bits per heavy atom. The molecule has 47 heavy (non-hydrogen) atoms. The van der Waals surface area contributed by atoms with Crippen LogP contribution in [0, 0.1) is 11.8 Å². The molecule has 2 aromatic heterocycles. The number of ether oxygens (including phenoxy) is 1. The van der Waals surface area contributed by atoms with Gasteiger partial charge in [0.05, 0.1) is 11.1 Å². The van der Waals surface area contributed by atoms with Crippen LogP contribution < -0.4 is 4.74 Å². The van der Waals surface area contributed by atoms with E-state index in [4.69, 9.17) is 24.7 Å². The van der Waals surface area contributed by atoms with Gasteiger partial charge in [0.15, 0.2) is 5.82 Å². The molecule has 4 aromatic carbocycles. The second kappa shape index (κ2) is 11.1. The standard InChI is InChI=1S/C42H46N4O/c1-23(2)18-25-14-15-28-27(20-25)21-32-36-35-29(16-17-43-36)34-26(22-33(35)47-37(32)31(28)19-24(3)4)12-11-13-30(34)38-44-39(41(5,6)7)46-40(45-38)42(8,9)10/h11-17,20-24H,18-19H2,1-10H3. The molecule has 0 atom stereocenters. The third-order valence-corrected chi connectivity index (χ3v) is 9.05. The summed E-state index contributed by atoms with van der Waals surface area (Å²) < 4.78 is 6.98. The van der Waals surface area contributed by atoms with Crippen molar-refractivity contribution >= 4 is 32.3 Å². The lowest BCUT2D eigenvalue weighted by atomic mass is 9.87. The molecule has 0 amide bonds. The Bertz CT molecular complexity index is 2170. The van der Waals surface area contributed by atoms with Crippen molar-refractivity contribution in [2.45, 2.75) is 92.9 Å². The molecule has 0 spiro atoms. The van der Waals surface area contributed by atoms with Gasteiger partial charge in [-0.05, 0) is 70.0 Å². The summed E-state index contributed by atoms with van der Waals surface area (Å²) in [7, 11) is 0. The molecule has 0 unspecified atom stereocenters. The van der Waals surface area contributed by atoms with Crippen molar-refractivity contribution < 1.29 is 4.74 Å². The largest absolute Gasteiger partial charge is 0.456 e. The lowest BCUT2D eigenvalue weighted by molar-refractivity contribution is 0.476. The molecule has 0 saturated carbocycles. The number of hydrogen-bond donors (Lipinski definition) is 0. The summed E-state index contributed by atoms with van der Waals surface area (Å²) in [5.74, 6) is 5.16. The first-order valence-corrected chi connectivity index (χ1v) is 17.1. The van der Waals surface area contributed by atoms with E-state index in [0.29, 0.717) is 17.7 Å². The van der Waals surface area contributed by atoms with Gasteiger partial charge in [0.1, 0.15) is 23.1 Å². The molecule has 0 N–H and O–H groups in total. The first kappa shape index (κ1) is 31.2. The van der Waals surface area contributed by atoms with Crippen LogP contribution in [0.4, 0.5) is 0 Å². The normalized spacial score (nSPS) is 13.2. The summed E-state index contributed by atoms with van der Waals surface area (Å²) in [5.41, 5.74) is 5.21. The predicted molar refractivity (Wildman–Crippen MR) is 196 cm³/mol. The van der Waals surface area contributed by atoms with Crippen molar-refractivity contribution in [2.24, 2.45) is 11.8 Å². The number of aromatic nitrogens is 4. The van der Waals surface area contributed by atoms with Gasteiger partial charge < -0.3 is 4.74 Å². The SMILES string of the molecule is CC(C)Cc1ccc2c(CC(C)C)c3c(cc2c1)-c1nccc2c1c(cc1cccc(-c4nc(C(C)(C)C)nc(C(C)(C)C)n4)c12)O3. The smallest absolute Gasteiger partial charge is 0.164 e. The fraction of sp³-hybridized carbons (Fsp3) is 0.381. The molecule has 6 aromatic rings. The van der Waals surface area contributed by atoms with Gasteiger partial charge in [-0.1, -0.05) is 106 Å². The van der Waals surface area contributed by atoms with Crippen molar-refractivity contribution in [3.8, 4) is 34.1 Å². The third-order valence-electron chi connectivity index (χ3n) is 9.05. The molecular weight excluding hydrogens is 576 g/mol. The Morgan fingerprint density at radius 2 is 1.36 bits per heavy atom. The molecule has 7 rings (SSSR count). The van der Waals surface area contributed by atoms with Crippen LogP contribution in [0.5, 0.6) is 11.5 Å². The van der Waals surface area contributed by atoms with Crippen LogP contribution in [0.1, 0.15) is 92.0 Å². The van der Waals surface area contributed by atoms with Crippen molar-refractivity contribution in [2.75, 3.05) is 0 Å². The van der Waals surface area contributed by atoms with Crippen LogP contribution in [0.15, 0.2) is 60.8 Å². The van der Waals surface area contributed by atoms with E-state index in [1.54, 1.807) is 0 Å². The van der Waals surface area contributed by atoms with Crippen LogP contribution in [0.2, 0.25) is 0 Å². The van der Waals surface area contributed by atoms with E-state index in [9.17, 15) is 0 Å². The summed E-state index contributed by atoms with van der Waals surface area (Å²) in [4.78, 5) is 20.2. The van der Waals surface area contributed by atoms with E-state index < -0.39 is 0 Å². The monoisotopic (exact) mass is 622 g/mol. The lowest BCUT2D eigenvalue weighted by Crippen LogP contribution is -2.24. The Hall–Kier alpha value is -4.38. The van der Waals surface area contributed by atoms with Gasteiger partial charge in [0.2, 0.25) is 0 Å². The molecule has 0 fully saturated rings. The van der Waals surface area contributed by atoms with Gasteiger partial charge in [-0.2, -0.15) is 0 Å². The molecule has 1 aliphatic heterocycles. The minimum Gasteiger partial charge on any atom is -0.456 e. The van der Waals surface area contributed by atoms with Gasteiger partial charge in [-0.3, -0.25) is 4.98 Å². The minimum absolute atomic E-state index is 0.224. The average Bonchev–Trinajstić information content (AvgIpc) is 2.99. The van der Waals surface area contributed by atoms with E-state index in [1.807, 2.05) is 6.20 Å². The van der Waals surface area contributed by atoms with E-state index in [-0.39, 0.29) is 10.8 Å².